The largest absolute Gasteiger partial charge is 0.495 e. The zero-order valence-corrected chi connectivity index (χ0v) is 11.4. The number of benzene rings is 1. The molecule has 5 heteroatoms. The van der Waals surface area contributed by atoms with Crippen molar-refractivity contribution in [2.45, 2.75) is 13.0 Å². The van der Waals surface area contributed by atoms with Crippen LogP contribution in [-0.4, -0.2) is 50.3 Å². The third-order valence-corrected chi connectivity index (χ3v) is 3.34. The Bertz CT molecular complexity index is 430. The van der Waals surface area contributed by atoms with Crippen LogP contribution in [-0.2, 0) is 9.53 Å². The summed E-state index contributed by atoms with van der Waals surface area (Å²) in [5.74, 6) is 0.649. The van der Waals surface area contributed by atoms with Crippen LogP contribution in [0.15, 0.2) is 24.3 Å². The number of nitrogens with one attached hydrogen (secondary N) is 1. The van der Waals surface area contributed by atoms with Gasteiger partial charge in [-0.2, -0.15) is 0 Å². The van der Waals surface area contributed by atoms with Gasteiger partial charge in [-0.3, -0.25) is 9.69 Å². The molecule has 0 spiro atoms. The summed E-state index contributed by atoms with van der Waals surface area (Å²) in [7, 11) is 1.59. The fraction of sp³-hybridized carbons (Fsp3) is 0.500. The molecule has 1 amide bonds. The molecule has 1 saturated heterocycles. The fourth-order valence-electron chi connectivity index (χ4n) is 2.12. The first kappa shape index (κ1) is 13.8. The summed E-state index contributed by atoms with van der Waals surface area (Å²) in [5.41, 5.74) is 0.704. The lowest BCUT2D eigenvalue weighted by Crippen LogP contribution is -2.47. The number of para-hydroxylation sites is 2. The summed E-state index contributed by atoms with van der Waals surface area (Å²) in [5, 5.41) is 2.91. The van der Waals surface area contributed by atoms with Crippen molar-refractivity contribution in [1.82, 2.24) is 4.90 Å². The molecular formula is C14H20N2O3. The fourth-order valence-corrected chi connectivity index (χ4v) is 2.12. The minimum absolute atomic E-state index is 0.0219. The number of methoxy groups -OCH3 is 1. The molecule has 104 valence electrons. The minimum Gasteiger partial charge on any atom is -0.495 e. The standard InChI is InChI=1S/C14H20N2O3/c1-11(16-7-9-19-10-8-16)14(17)15-12-5-3-4-6-13(12)18-2/h3-6,11H,7-10H2,1-2H3,(H,15,17)/t11-/m1/s1. The summed E-state index contributed by atoms with van der Waals surface area (Å²) >= 11 is 0. The topological polar surface area (TPSA) is 50.8 Å². The van der Waals surface area contributed by atoms with E-state index in [1.54, 1.807) is 7.11 Å². The Morgan fingerprint density at radius 1 is 1.37 bits per heavy atom. The maximum Gasteiger partial charge on any atom is 0.241 e. The van der Waals surface area contributed by atoms with Gasteiger partial charge >= 0.3 is 0 Å². The van der Waals surface area contributed by atoms with Crippen LogP contribution in [0.3, 0.4) is 0 Å². The molecule has 0 bridgehead atoms. The molecule has 1 heterocycles. The lowest BCUT2D eigenvalue weighted by Gasteiger charge is -2.31. The van der Waals surface area contributed by atoms with E-state index >= 15 is 0 Å². The maximum absolute atomic E-state index is 12.2. The minimum atomic E-state index is -0.172. The first-order valence-electron chi connectivity index (χ1n) is 6.48. The van der Waals surface area contributed by atoms with Crippen molar-refractivity contribution in [3.05, 3.63) is 24.3 Å². The highest BCUT2D eigenvalue weighted by molar-refractivity contribution is 5.95. The van der Waals surface area contributed by atoms with Gasteiger partial charge in [0.25, 0.3) is 0 Å². The predicted octanol–water partition coefficient (Wildman–Crippen LogP) is 1.35. The lowest BCUT2D eigenvalue weighted by atomic mass is 10.2. The van der Waals surface area contributed by atoms with Gasteiger partial charge in [0.2, 0.25) is 5.91 Å². The monoisotopic (exact) mass is 264 g/mol. The summed E-state index contributed by atoms with van der Waals surface area (Å²) in [4.78, 5) is 14.3. The number of ether oxygens (including phenoxy) is 2. The summed E-state index contributed by atoms with van der Waals surface area (Å²) in [6.45, 7) is 4.87. The average Bonchev–Trinajstić information content (AvgIpc) is 2.48. The second kappa shape index (κ2) is 6.54. The summed E-state index contributed by atoms with van der Waals surface area (Å²) in [6, 6.07) is 7.24. The van der Waals surface area contributed by atoms with E-state index < -0.39 is 0 Å². The molecule has 1 aliphatic rings. The number of amides is 1. The van der Waals surface area contributed by atoms with Gasteiger partial charge in [0.15, 0.2) is 0 Å². The van der Waals surface area contributed by atoms with E-state index in [1.807, 2.05) is 31.2 Å². The van der Waals surface area contributed by atoms with E-state index in [0.717, 1.165) is 13.1 Å². The Kier molecular flexibility index (Phi) is 4.76. The predicted molar refractivity (Wildman–Crippen MR) is 73.5 cm³/mol. The van der Waals surface area contributed by atoms with Gasteiger partial charge in [-0.1, -0.05) is 12.1 Å². The highest BCUT2D eigenvalue weighted by Crippen LogP contribution is 2.23. The summed E-state index contributed by atoms with van der Waals surface area (Å²) in [6.07, 6.45) is 0. The Morgan fingerprint density at radius 2 is 2.05 bits per heavy atom. The van der Waals surface area contributed by atoms with E-state index in [2.05, 4.69) is 10.2 Å². The molecule has 19 heavy (non-hydrogen) atoms. The maximum atomic E-state index is 12.2. The lowest BCUT2D eigenvalue weighted by molar-refractivity contribution is -0.122. The van der Waals surface area contributed by atoms with Gasteiger partial charge in [0.1, 0.15) is 5.75 Å². The third-order valence-electron chi connectivity index (χ3n) is 3.34. The highest BCUT2D eigenvalue weighted by Gasteiger charge is 2.23. The molecule has 1 aromatic rings. The molecule has 0 aromatic heterocycles. The number of morpholine rings is 1. The van der Waals surface area contributed by atoms with Gasteiger partial charge in [-0.15, -0.1) is 0 Å². The molecule has 0 unspecified atom stereocenters. The Labute approximate surface area is 113 Å². The molecule has 0 saturated carbocycles. The average molecular weight is 264 g/mol. The van der Waals surface area contributed by atoms with Crippen LogP contribution in [0.5, 0.6) is 5.75 Å². The first-order valence-corrected chi connectivity index (χ1v) is 6.48. The van der Waals surface area contributed by atoms with Crippen molar-refractivity contribution in [1.29, 1.82) is 0 Å². The molecule has 1 N–H and O–H groups in total. The van der Waals surface area contributed by atoms with Crippen molar-refractivity contribution in [2.24, 2.45) is 0 Å². The van der Waals surface area contributed by atoms with Crippen LogP contribution in [0.25, 0.3) is 0 Å². The number of hydrogen-bond acceptors (Lipinski definition) is 4. The molecule has 0 aliphatic carbocycles. The van der Waals surface area contributed by atoms with Crippen molar-refractivity contribution in [3.63, 3.8) is 0 Å². The van der Waals surface area contributed by atoms with Crippen LogP contribution in [0, 0.1) is 0 Å². The number of rotatable bonds is 4. The van der Waals surface area contributed by atoms with Crippen LogP contribution >= 0.6 is 0 Å². The van der Waals surface area contributed by atoms with Gasteiger partial charge in [0, 0.05) is 13.1 Å². The quantitative estimate of drug-likeness (QED) is 0.892. The molecule has 1 aliphatic heterocycles. The molecule has 1 atom stereocenters. The Balaban J connectivity index is 1.99. The van der Waals surface area contributed by atoms with E-state index in [1.165, 1.54) is 0 Å². The Hall–Kier alpha value is -1.59. The van der Waals surface area contributed by atoms with Gasteiger partial charge in [-0.25, -0.2) is 0 Å². The normalized spacial score (nSPS) is 17.8. The highest BCUT2D eigenvalue weighted by atomic mass is 16.5. The van der Waals surface area contributed by atoms with Crippen molar-refractivity contribution < 1.29 is 14.3 Å². The smallest absolute Gasteiger partial charge is 0.241 e. The SMILES string of the molecule is COc1ccccc1NC(=O)[C@@H](C)N1CCOCC1. The second-order valence-corrected chi connectivity index (χ2v) is 4.51. The number of nitrogens with zero attached hydrogens (tertiary/aromatic N) is 1. The van der Waals surface area contributed by atoms with Crippen LogP contribution < -0.4 is 10.1 Å². The van der Waals surface area contributed by atoms with Crippen molar-refractivity contribution >= 4 is 11.6 Å². The number of carbonyl (C=O) groups is 1. The molecule has 1 fully saturated rings. The van der Waals surface area contributed by atoms with Gasteiger partial charge in [0.05, 0.1) is 32.1 Å². The van der Waals surface area contributed by atoms with Crippen LogP contribution in [0.2, 0.25) is 0 Å². The van der Waals surface area contributed by atoms with Crippen LogP contribution in [0.1, 0.15) is 6.92 Å². The van der Waals surface area contributed by atoms with E-state index in [-0.39, 0.29) is 11.9 Å². The van der Waals surface area contributed by atoms with Crippen molar-refractivity contribution in [3.8, 4) is 5.75 Å². The molecule has 2 rings (SSSR count). The van der Waals surface area contributed by atoms with Crippen molar-refractivity contribution in [2.75, 3.05) is 38.7 Å². The number of carbonyl (C=O) groups excluding carboxylic acids is 1. The van der Waals surface area contributed by atoms with Crippen LogP contribution in [0.4, 0.5) is 5.69 Å². The second-order valence-electron chi connectivity index (χ2n) is 4.51. The van der Waals surface area contributed by atoms with Gasteiger partial charge in [-0.05, 0) is 19.1 Å². The zero-order valence-electron chi connectivity index (χ0n) is 11.4. The van der Waals surface area contributed by atoms with E-state index in [0.29, 0.717) is 24.7 Å². The number of anilines is 1. The molecule has 5 nitrogen and oxygen atoms in total. The molecular weight excluding hydrogens is 244 g/mol. The zero-order chi connectivity index (χ0) is 13.7. The molecule has 1 aromatic carbocycles. The number of hydrogen-bond donors (Lipinski definition) is 1. The third kappa shape index (κ3) is 3.45. The van der Waals surface area contributed by atoms with E-state index in [9.17, 15) is 4.79 Å². The van der Waals surface area contributed by atoms with E-state index in [4.69, 9.17) is 9.47 Å². The van der Waals surface area contributed by atoms with Gasteiger partial charge < -0.3 is 14.8 Å². The summed E-state index contributed by atoms with van der Waals surface area (Å²) < 4.78 is 10.5. The first-order chi connectivity index (χ1) is 9.22. The Morgan fingerprint density at radius 3 is 2.74 bits per heavy atom. The molecule has 0 radical (unpaired) electrons.